The number of nitrogens with one attached hydrogen (secondary N) is 1. The first-order chi connectivity index (χ1) is 16.3. The summed E-state index contributed by atoms with van der Waals surface area (Å²) in [4.78, 5) is 26.2. The minimum absolute atomic E-state index is 0.0558. The monoisotopic (exact) mass is 501 g/mol. The number of hydrogen-bond donors (Lipinski definition) is 1. The van der Waals surface area contributed by atoms with Crippen LogP contribution < -0.4 is 10.2 Å². The standard InChI is InChI=1S/C26H36ClN5OS/c1-18(2)30-13-15-31(16-14-30)21-6-4-5-20(27)23(21)29-25(33)32-11-9-26(3,10-12-32)24-28-17-22(34-24)19-7-8-19/h4-6,17-19H,7-16H2,1-3H3,(H,29,33). The summed E-state index contributed by atoms with van der Waals surface area (Å²) in [5.74, 6) is 0.749. The molecule has 5 rings (SSSR count). The SMILES string of the molecule is CC(C)N1CCN(c2cccc(Cl)c2NC(=O)N2CCC(C)(c3ncc(C4CC4)s3)CC2)CC1. The lowest BCUT2D eigenvalue weighted by atomic mass is 9.81. The molecule has 0 bridgehead atoms. The molecule has 1 N–H and O–H groups in total. The highest BCUT2D eigenvalue weighted by atomic mass is 35.5. The van der Waals surface area contributed by atoms with Crippen molar-refractivity contribution in [3.05, 3.63) is 39.3 Å². The number of hydrogen-bond acceptors (Lipinski definition) is 5. The number of rotatable bonds is 5. The molecule has 0 radical (unpaired) electrons. The van der Waals surface area contributed by atoms with Gasteiger partial charge in [-0.1, -0.05) is 24.6 Å². The van der Waals surface area contributed by atoms with Crippen molar-refractivity contribution in [3.63, 3.8) is 0 Å². The van der Waals surface area contributed by atoms with Gasteiger partial charge in [0.15, 0.2) is 0 Å². The molecule has 2 amide bonds. The van der Waals surface area contributed by atoms with Crippen LogP contribution >= 0.6 is 22.9 Å². The van der Waals surface area contributed by atoms with Crippen molar-refractivity contribution >= 4 is 40.3 Å². The smallest absolute Gasteiger partial charge is 0.321 e. The van der Waals surface area contributed by atoms with Gasteiger partial charge in [-0.25, -0.2) is 9.78 Å². The Kier molecular flexibility index (Phi) is 6.79. The number of aromatic nitrogens is 1. The molecule has 0 unspecified atom stereocenters. The van der Waals surface area contributed by atoms with Gasteiger partial charge in [0.2, 0.25) is 0 Å². The van der Waals surface area contributed by atoms with Crippen molar-refractivity contribution in [3.8, 4) is 0 Å². The van der Waals surface area contributed by atoms with E-state index in [4.69, 9.17) is 16.6 Å². The number of piperidine rings is 1. The van der Waals surface area contributed by atoms with Gasteiger partial charge in [0.25, 0.3) is 0 Å². The highest BCUT2D eigenvalue weighted by Crippen LogP contribution is 2.46. The molecule has 2 aromatic rings. The number of urea groups is 1. The number of benzene rings is 1. The average molecular weight is 502 g/mol. The molecule has 2 saturated heterocycles. The highest BCUT2D eigenvalue weighted by molar-refractivity contribution is 7.11. The molecule has 3 aliphatic rings. The van der Waals surface area contributed by atoms with Crippen LogP contribution in [0.5, 0.6) is 0 Å². The Morgan fingerprint density at radius 3 is 2.50 bits per heavy atom. The van der Waals surface area contributed by atoms with Gasteiger partial charge in [0, 0.05) is 61.8 Å². The Balaban J connectivity index is 1.23. The lowest BCUT2D eigenvalue weighted by Crippen LogP contribution is -2.49. The molecule has 8 heteroatoms. The second kappa shape index (κ2) is 9.67. The van der Waals surface area contributed by atoms with Crippen LogP contribution in [0.4, 0.5) is 16.2 Å². The predicted molar refractivity (Wildman–Crippen MR) is 142 cm³/mol. The zero-order valence-electron chi connectivity index (χ0n) is 20.5. The summed E-state index contributed by atoms with van der Waals surface area (Å²) in [6, 6.07) is 6.39. The zero-order chi connectivity index (χ0) is 23.9. The Morgan fingerprint density at radius 1 is 1.15 bits per heavy atom. The van der Waals surface area contributed by atoms with E-state index in [1.54, 1.807) is 0 Å². The Labute approximate surface area is 212 Å². The highest BCUT2D eigenvalue weighted by Gasteiger charge is 2.37. The van der Waals surface area contributed by atoms with Crippen molar-refractivity contribution in [2.45, 2.75) is 63.8 Å². The van der Waals surface area contributed by atoms with Crippen molar-refractivity contribution in [1.29, 1.82) is 0 Å². The molecule has 1 saturated carbocycles. The number of thiazole rings is 1. The van der Waals surface area contributed by atoms with E-state index < -0.39 is 0 Å². The summed E-state index contributed by atoms with van der Waals surface area (Å²) >= 11 is 8.48. The molecule has 6 nitrogen and oxygen atoms in total. The van der Waals surface area contributed by atoms with E-state index in [1.165, 1.54) is 22.7 Å². The maximum atomic E-state index is 13.3. The van der Waals surface area contributed by atoms with E-state index in [2.05, 4.69) is 48.2 Å². The fourth-order valence-electron chi connectivity index (χ4n) is 5.10. The number of carbonyl (C=O) groups is 1. The Morgan fingerprint density at radius 2 is 1.85 bits per heavy atom. The lowest BCUT2D eigenvalue weighted by molar-refractivity contribution is 0.174. The number of carbonyl (C=O) groups excluding carboxylic acids is 1. The predicted octanol–water partition coefficient (Wildman–Crippen LogP) is 5.79. The molecular formula is C26H36ClN5OS. The number of nitrogens with zero attached hydrogens (tertiary/aromatic N) is 4. The number of likely N-dealkylation sites (tertiary alicyclic amines) is 1. The lowest BCUT2D eigenvalue weighted by Gasteiger charge is -2.40. The number of anilines is 2. The molecule has 2 aliphatic heterocycles. The minimum atomic E-state index is -0.0602. The Hall–Kier alpha value is -1.83. The molecule has 34 heavy (non-hydrogen) atoms. The third-order valence-corrected chi connectivity index (χ3v) is 9.56. The molecule has 3 fully saturated rings. The quantitative estimate of drug-likeness (QED) is 0.563. The van der Waals surface area contributed by atoms with Crippen LogP contribution in [0.3, 0.4) is 0 Å². The molecular weight excluding hydrogens is 466 g/mol. The van der Waals surface area contributed by atoms with Crippen LogP contribution in [0, 0.1) is 0 Å². The molecule has 1 aromatic heterocycles. The normalized spacial score (nSPS) is 21.2. The third-order valence-electron chi connectivity index (χ3n) is 7.78. The fraction of sp³-hybridized carbons (Fsp3) is 0.615. The van der Waals surface area contributed by atoms with Gasteiger partial charge >= 0.3 is 6.03 Å². The summed E-state index contributed by atoms with van der Waals surface area (Å²) in [7, 11) is 0. The molecule has 0 atom stereocenters. The van der Waals surface area contributed by atoms with Crippen molar-refractivity contribution in [2.75, 3.05) is 49.5 Å². The van der Waals surface area contributed by atoms with Gasteiger partial charge in [-0.2, -0.15) is 0 Å². The molecule has 1 aliphatic carbocycles. The van der Waals surface area contributed by atoms with Crippen LogP contribution in [0.1, 0.15) is 62.3 Å². The summed E-state index contributed by atoms with van der Waals surface area (Å²) in [6.45, 7) is 12.1. The van der Waals surface area contributed by atoms with Crippen LogP contribution in [0.15, 0.2) is 24.4 Å². The largest absolute Gasteiger partial charge is 0.367 e. The molecule has 0 spiro atoms. The van der Waals surface area contributed by atoms with E-state index >= 15 is 0 Å². The first-order valence-electron chi connectivity index (χ1n) is 12.6. The van der Waals surface area contributed by atoms with Crippen LogP contribution in [0.25, 0.3) is 0 Å². The van der Waals surface area contributed by atoms with E-state index in [0.717, 1.165) is 69.4 Å². The number of piperazine rings is 1. The van der Waals surface area contributed by atoms with Crippen molar-refractivity contribution in [1.82, 2.24) is 14.8 Å². The fourth-order valence-corrected chi connectivity index (χ4v) is 6.61. The summed E-state index contributed by atoms with van der Waals surface area (Å²) in [6.07, 6.45) is 6.57. The number of para-hydroxylation sites is 1. The van der Waals surface area contributed by atoms with E-state index in [0.29, 0.717) is 11.1 Å². The van der Waals surface area contributed by atoms with Crippen molar-refractivity contribution in [2.24, 2.45) is 0 Å². The summed E-state index contributed by atoms with van der Waals surface area (Å²) in [5.41, 5.74) is 1.80. The molecule has 3 heterocycles. The topological polar surface area (TPSA) is 51.7 Å². The first-order valence-corrected chi connectivity index (χ1v) is 13.8. The van der Waals surface area contributed by atoms with Gasteiger partial charge in [0.05, 0.1) is 21.4 Å². The van der Waals surface area contributed by atoms with Crippen LogP contribution in [-0.2, 0) is 5.41 Å². The van der Waals surface area contributed by atoms with Crippen LogP contribution in [0.2, 0.25) is 5.02 Å². The average Bonchev–Trinajstić information content (AvgIpc) is 3.56. The third kappa shape index (κ3) is 4.93. The van der Waals surface area contributed by atoms with E-state index in [-0.39, 0.29) is 11.4 Å². The van der Waals surface area contributed by atoms with Gasteiger partial charge in [-0.15, -0.1) is 11.3 Å². The maximum absolute atomic E-state index is 13.3. The van der Waals surface area contributed by atoms with Crippen LogP contribution in [-0.4, -0.2) is 66.1 Å². The summed E-state index contributed by atoms with van der Waals surface area (Å²) in [5, 5.41) is 4.99. The van der Waals surface area contributed by atoms with Gasteiger partial charge in [-0.3, -0.25) is 4.90 Å². The van der Waals surface area contributed by atoms with E-state index in [9.17, 15) is 4.79 Å². The number of amides is 2. The van der Waals surface area contributed by atoms with Gasteiger partial charge < -0.3 is 15.1 Å². The van der Waals surface area contributed by atoms with Gasteiger partial charge in [-0.05, 0) is 57.6 Å². The van der Waals surface area contributed by atoms with Gasteiger partial charge in [0.1, 0.15) is 0 Å². The number of halogens is 1. The van der Waals surface area contributed by atoms with E-state index in [1.807, 2.05) is 28.4 Å². The molecule has 1 aromatic carbocycles. The first kappa shape index (κ1) is 23.9. The second-order valence-corrected chi connectivity index (χ2v) is 12.0. The zero-order valence-corrected chi connectivity index (χ0v) is 22.1. The Bertz CT molecular complexity index is 1020. The summed E-state index contributed by atoms with van der Waals surface area (Å²) < 4.78 is 0. The maximum Gasteiger partial charge on any atom is 0.321 e. The molecule has 184 valence electrons. The van der Waals surface area contributed by atoms with Crippen molar-refractivity contribution < 1.29 is 4.79 Å². The minimum Gasteiger partial charge on any atom is -0.367 e. The second-order valence-electron chi connectivity index (χ2n) is 10.6.